The molecule has 1 unspecified atom stereocenters. The molecule has 0 spiro atoms. The third-order valence-corrected chi connectivity index (χ3v) is 5.24. The van der Waals surface area contributed by atoms with Gasteiger partial charge in [0.1, 0.15) is 5.54 Å². The smallest absolute Gasteiger partial charge is 0.323 e. The summed E-state index contributed by atoms with van der Waals surface area (Å²) in [6, 6.07) is 14.9. The number of halogens is 4. The largest absolute Gasteiger partial charge is 0.416 e. The fourth-order valence-electron chi connectivity index (χ4n) is 3.40. The summed E-state index contributed by atoms with van der Waals surface area (Å²) in [5, 5.41) is 4.23. The van der Waals surface area contributed by atoms with E-state index in [4.69, 9.17) is 5.73 Å². The van der Waals surface area contributed by atoms with Crippen molar-refractivity contribution in [2.75, 3.05) is 5.32 Å². The lowest BCUT2D eigenvalue weighted by molar-refractivity contribution is -0.138. The number of nitrogens with one attached hydrogen (secondary N) is 1. The normalized spacial score (nSPS) is 19.5. The maximum absolute atomic E-state index is 13.7. The highest BCUT2D eigenvalue weighted by atomic mass is 127. The summed E-state index contributed by atoms with van der Waals surface area (Å²) in [6.07, 6.45) is -4.63. The second-order valence-corrected chi connectivity index (χ2v) is 7.44. The molecule has 132 valence electrons. The lowest BCUT2D eigenvalue weighted by Gasteiger charge is -2.26. The highest BCUT2D eigenvalue weighted by Gasteiger charge is 2.51. The predicted molar refractivity (Wildman–Crippen MR) is 102 cm³/mol. The number of carbonyl (C=O) groups excluding carboxylic acids is 1. The van der Waals surface area contributed by atoms with Gasteiger partial charge in [-0.3, -0.25) is 4.79 Å². The van der Waals surface area contributed by atoms with Crippen LogP contribution in [0.1, 0.15) is 16.7 Å². The van der Waals surface area contributed by atoms with E-state index in [1.165, 1.54) is 6.07 Å². The molecule has 0 fully saturated rings. The van der Waals surface area contributed by atoms with Gasteiger partial charge in [0, 0.05) is 14.8 Å². The third kappa shape index (κ3) is 2.49. The molecule has 3 N–H and O–H groups in total. The molecule has 0 saturated heterocycles. The Hall–Kier alpha value is -2.13. The number of nitrogens with two attached hydrogens (primary N) is 1. The van der Waals surface area contributed by atoms with Gasteiger partial charge in [0.15, 0.2) is 0 Å². The van der Waals surface area contributed by atoms with Crippen molar-refractivity contribution in [3.05, 3.63) is 74.9 Å². The van der Waals surface area contributed by atoms with Crippen molar-refractivity contribution in [3.8, 4) is 0 Å². The molecule has 26 heavy (non-hydrogen) atoms. The maximum atomic E-state index is 13.7. The summed E-state index contributed by atoms with van der Waals surface area (Å²) < 4.78 is 41.4. The zero-order valence-corrected chi connectivity index (χ0v) is 15.4. The summed E-state index contributed by atoms with van der Waals surface area (Å²) in [7, 11) is 0. The summed E-state index contributed by atoms with van der Waals surface area (Å²) in [6.45, 7) is 0. The van der Waals surface area contributed by atoms with E-state index >= 15 is 0 Å². The minimum atomic E-state index is -4.63. The molecule has 1 amide bonds. The molecular formula is C19H12F3IN2O. The number of hydrogen-bond donors (Lipinski definition) is 2. The zero-order valence-electron chi connectivity index (χ0n) is 13.2. The molecule has 3 aromatic rings. The van der Waals surface area contributed by atoms with Gasteiger partial charge in [-0.25, -0.2) is 0 Å². The van der Waals surface area contributed by atoms with Crippen LogP contribution < -0.4 is 11.1 Å². The van der Waals surface area contributed by atoms with Crippen LogP contribution in [0, 0.1) is 3.57 Å². The number of carbonyl (C=O) groups is 1. The van der Waals surface area contributed by atoms with Crippen LogP contribution in [-0.2, 0) is 16.5 Å². The number of anilines is 1. The number of amides is 1. The van der Waals surface area contributed by atoms with Crippen molar-refractivity contribution in [1.29, 1.82) is 0 Å². The van der Waals surface area contributed by atoms with Gasteiger partial charge in [-0.1, -0.05) is 36.4 Å². The van der Waals surface area contributed by atoms with Crippen LogP contribution in [0.25, 0.3) is 10.8 Å². The van der Waals surface area contributed by atoms with Crippen LogP contribution in [0.5, 0.6) is 0 Å². The van der Waals surface area contributed by atoms with E-state index in [-0.39, 0.29) is 11.3 Å². The molecule has 7 heteroatoms. The number of benzene rings is 3. The van der Waals surface area contributed by atoms with Crippen molar-refractivity contribution < 1.29 is 18.0 Å². The van der Waals surface area contributed by atoms with E-state index in [1.807, 2.05) is 24.3 Å². The van der Waals surface area contributed by atoms with Crippen molar-refractivity contribution in [2.45, 2.75) is 11.7 Å². The van der Waals surface area contributed by atoms with E-state index in [9.17, 15) is 18.0 Å². The number of fused-ring (bicyclic) bond motifs is 2. The van der Waals surface area contributed by atoms with E-state index in [0.29, 0.717) is 9.13 Å². The van der Waals surface area contributed by atoms with Crippen LogP contribution in [0.3, 0.4) is 0 Å². The van der Waals surface area contributed by atoms with Crippen molar-refractivity contribution >= 4 is 45.0 Å². The molecule has 0 saturated carbocycles. The SMILES string of the molecule is NC1(c2ccc3ccccc3c2)C(=O)Nc2cc(I)cc(C(F)(F)F)c21. The molecular weight excluding hydrogens is 456 g/mol. The second-order valence-electron chi connectivity index (χ2n) is 6.20. The van der Waals surface area contributed by atoms with Crippen LogP contribution in [0.4, 0.5) is 18.9 Å². The first-order valence-electron chi connectivity index (χ1n) is 7.72. The topological polar surface area (TPSA) is 55.1 Å². The van der Waals surface area contributed by atoms with Crippen LogP contribution in [0.15, 0.2) is 54.6 Å². The molecule has 0 aliphatic carbocycles. The third-order valence-electron chi connectivity index (χ3n) is 4.61. The van der Waals surface area contributed by atoms with Gasteiger partial charge >= 0.3 is 6.18 Å². The Morgan fingerprint density at radius 3 is 2.38 bits per heavy atom. The van der Waals surface area contributed by atoms with E-state index < -0.39 is 23.2 Å². The zero-order chi connectivity index (χ0) is 18.7. The quantitative estimate of drug-likeness (QED) is 0.513. The van der Waals surface area contributed by atoms with E-state index in [0.717, 1.165) is 16.8 Å². The average Bonchev–Trinajstić information content (AvgIpc) is 2.84. The van der Waals surface area contributed by atoms with Gasteiger partial charge in [-0.2, -0.15) is 13.2 Å². The van der Waals surface area contributed by atoms with Gasteiger partial charge in [0.25, 0.3) is 5.91 Å². The molecule has 1 aliphatic heterocycles. The number of hydrogen-bond acceptors (Lipinski definition) is 2. The highest BCUT2D eigenvalue weighted by molar-refractivity contribution is 14.1. The maximum Gasteiger partial charge on any atom is 0.416 e. The molecule has 0 bridgehead atoms. The fourth-order valence-corrected chi connectivity index (χ4v) is 4.02. The Bertz CT molecular complexity index is 1060. The van der Waals surface area contributed by atoms with Gasteiger partial charge in [0.2, 0.25) is 0 Å². The Morgan fingerprint density at radius 1 is 1.00 bits per heavy atom. The number of rotatable bonds is 1. The first-order valence-corrected chi connectivity index (χ1v) is 8.80. The Labute approximate surface area is 160 Å². The molecule has 0 radical (unpaired) electrons. The van der Waals surface area contributed by atoms with Crippen molar-refractivity contribution in [2.24, 2.45) is 5.73 Å². The number of alkyl halides is 3. The first kappa shape index (κ1) is 17.3. The first-order chi connectivity index (χ1) is 12.2. The summed E-state index contributed by atoms with van der Waals surface area (Å²) in [5.41, 5.74) is 3.75. The lowest BCUT2D eigenvalue weighted by Crippen LogP contribution is -2.45. The minimum Gasteiger partial charge on any atom is -0.323 e. The average molecular weight is 468 g/mol. The van der Waals surface area contributed by atoms with Crippen molar-refractivity contribution in [3.63, 3.8) is 0 Å². The molecule has 4 rings (SSSR count). The van der Waals surface area contributed by atoms with E-state index in [2.05, 4.69) is 5.32 Å². The van der Waals surface area contributed by atoms with Gasteiger partial charge in [0.05, 0.1) is 5.56 Å². The standard InChI is InChI=1S/C19H12F3IN2O/c20-19(21,22)14-8-13(23)9-15-16(14)18(24,17(26)25-15)12-6-5-10-3-1-2-4-11(10)7-12/h1-9H,24H2,(H,25,26). The predicted octanol–water partition coefficient (Wildman–Crippen LogP) is 4.62. The summed E-state index contributed by atoms with van der Waals surface area (Å²) >= 11 is 1.79. The molecule has 1 heterocycles. The van der Waals surface area contributed by atoms with Crippen LogP contribution in [0.2, 0.25) is 0 Å². The molecule has 3 aromatic carbocycles. The molecule has 1 aliphatic rings. The second kappa shape index (κ2) is 5.68. The summed E-state index contributed by atoms with van der Waals surface area (Å²) in [5.74, 6) is -0.671. The van der Waals surface area contributed by atoms with Gasteiger partial charge in [-0.05, 0) is 57.1 Å². The Balaban J connectivity index is 2.02. The van der Waals surface area contributed by atoms with Gasteiger partial charge < -0.3 is 11.1 Å². The van der Waals surface area contributed by atoms with E-state index in [1.54, 1.807) is 40.8 Å². The summed E-state index contributed by atoms with van der Waals surface area (Å²) in [4.78, 5) is 12.7. The molecule has 0 aromatic heterocycles. The highest BCUT2D eigenvalue weighted by Crippen LogP contribution is 2.47. The Kier molecular flexibility index (Phi) is 3.78. The van der Waals surface area contributed by atoms with Gasteiger partial charge in [-0.15, -0.1) is 0 Å². The minimum absolute atomic E-state index is 0.102. The lowest BCUT2D eigenvalue weighted by atomic mass is 9.81. The fraction of sp³-hybridized carbons (Fsp3) is 0.105. The monoisotopic (exact) mass is 468 g/mol. The molecule has 3 nitrogen and oxygen atoms in total. The van der Waals surface area contributed by atoms with Crippen LogP contribution >= 0.6 is 22.6 Å². The molecule has 1 atom stereocenters. The Morgan fingerprint density at radius 2 is 1.69 bits per heavy atom. The van der Waals surface area contributed by atoms with Crippen LogP contribution in [-0.4, -0.2) is 5.91 Å². The van der Waals surface area contributed by atoms with Crippen molar-refractivity contribution in [1.82, 2.24) is 0 Å².